The van der Waals surface area contributed by atoms with Crippen molar-refractivity contribution in [1.29, 1.82) is 0 Å². The molecule has 1 saturated heterocycles. The molecule has 2 atom stereocenters. The number of thioether (sulfide) groups is 1. The Balaban J connectivity index is 1.39. The molecule has 0 bridgehead atoms. The average molecular weight is 452 g/mol. The monoisotopic (exact) mass is 451 g/mol. The topological polar surface area (TPSA) is 82.8 Å². The highest BCUT2D eigenvalue weighted by molar-refractivity contribution is 7.99. The Hall–Kier alpha value is -2.81. The molecule has 8 heteroatoms. The number of nitrogens with two attached hydrogens (primary N) is 1. The number of rotatable bonds is 6. The molecule has 2 aromatic carbocycles. The van der Waals surface area contributed by atoms with Crippen molar-refractivity contribution in [2.45, 2.75) is 11.4 Å². The van der Waals surface area contributed by atoms with Crippen LogP contribution in [0.2, 0.25) is 0 Å². The van der Waals surface area contributed by atoms with Gasteiger partial charge < -0.3 is 16.0 Å². The highest BCUT2D eigenvalue weighted by Gasteiger charge is 2.30. The summed E-state index contributed by atoms with van der Waals surface area (Å²) in [6.07, 6.45) is 0. The van der Waals surface area contributed by atoms with E-state index in [1.807, 2.05) is 85.0 Å². The second-order valence-electron chi connectivity index (χ2n) is 7.43. The number of nitrogens with one attached hydrogen (secondary N) is 2. The van der Waals surface area contributed by atoms with E-state index in [2.05, 4.69) is 15.6 Å². The van der Waals surface area contributed by atoms with E-state index in [-0.39, 0.29) is 17.3 Å². The Labute approximate surface area is 190 Å². The molecule has 160 valence electrons. The summed E-state index contributed by atoms with van der Waals surface area (Å²) in [5.74, 6) is 1.19. The first-order chi connectivity index (χ1) is 15.0. The molecular formula is C23H25N5OS2. The van der Waals surface area contributed by atoms with E-state index in [1.54, 1.807) is 23.1 Å². The van der Waals surface area contributed by atoms with Crippen molar-refractivity contribution >= 4 is 51.9 Å². The lowest BCUT2D eigenvalue weighted by Gasteiger charge is -2.15. The SMILES string of the molecule is CN(C)c1ccc(NC(=O)[C@@H]2CSC(c3cccc(N=C(N)c4cccs4)c3)N2)cc1. The zero-order chi connectivity index (χ0) is 21.8. The molecule has 0 saturated carbocycles. The number of carbonyl (C=O) groups is 1. The second-order valence-corrected chi connectivity index (χ2v) is 9.52. The van der Waals surface area contributed by atoms with Crippen LogP contribution in [-0.2, 0) is 4.79 Å². The zero-order valence-electron chi connectivity index (χ0n) is 17.4. The van der Waals surface area contributed by atoms with E-state index in [0.717, 1.165) is 27.5 Å². The summed E-state index contributed by atoms with van der Waals surface area (Å²) in [5, 5.41) is 8.45. The summed E-state index contributed by atoms with van der Waals surface area (Å²) in [7, 11) is 3.98. The van der Waals surface area contributed by atoms with Gasteiger partial charge in [0.2, 0.25) is 5.91 Å². The predicted molar refractivity (Wildman–Crippen MR) is 133 cm³/mol. The minimum Gasteiger partial charge on any atom is -0.383 e. The van der Waals surface area contributed by atoms with Crippen LogP contribution < -0.4 is 21.3 Å². The molecule has 31 heavy (non-hydrogen) atoms. The third-order valence-corrected chi connectivity index (χ3v) is 7.11. The molecule has 3 aromatic rings. The standard InChI is InChI=1S/C23H25N5OS2/c1-28(2)18-10-8-16(9-11-18)26-22(29)19-14-31-23(27-19)15-5-3-6-17(13-15)25-21(24)20-7-4-12-30-20/h3-13,19,23,27H,14H2,1-2H3,(H2,24,25)(H,26,29)/t19-,23?/m0/s1. The van der Waals surface area contributed by atoms with Crippen LogP contribution in [0, 0.1) is 0 Å². The van der Waals surface area contributed by atoms with E-state index in [1.165, 1.54) is 0 Å². The first-order valence-electron chi connectivity index (χ1n) is 9.93. The molecule has 1 fully saturated rings. The fourth-order valence-electron chi connectivity index (χ4n) is 3.26. The molecule has 0 aliphatic carbocycles. The van der Waals surface area contributed by atoms with Crippen LogP contribution in [0.1, 0.15) is 15.8 Å². The summed E-state index contributed by atoms with van der Waals surface area (Å²) >= 11 is 3.28. The number of hydrogen-bond acceptors (Lipinski definition) is 6. The number of carbonyl (C=O) groups excluding carboxylic acids is 1. The Bertz CT molecular complexity index is 1060. The first kappa shape index (κ1) is 21.4. The Morgan fingerprint density at radius 2 is 1.97 bits per heavy atom. The van der Waals surface area contributed by atoms with Crippen molar-refractivity contribution in [3.63, 3.8) is 0 Å². The van der Waals surface area contributed by atoms with Gasteiger partial charge in [0.1, 0.15) is 5.84 Å². The van der Waals surface area contributed by atoms with Crippen LogP contribution >= 0.6 is 23.1 Å². The lowest BCUT2D eigenvalue weighted by molar-refractivity contribution is -0.117. The van der Waals surface area contributed by atoms with Gasteiger partial charge in [0, 0.05) is 31.2 Å². The molecule has 6 nitrogen and oxygen atoms in total. The number of hydrogen-bond donors (Lipinski definition) is 3. The van der Waals surface area contributed by atoms with Gasteiger partial charge in [-0.15, -0.1) is 23.1 Å². The van der Waals surface area contributed by atoms with Crippen LogP contribution in [0.15, 0.2) is 71.0 Å². The molecule has 4 rings (SSSR count). The fourth-order valence-corrected chi connectivity index (χ4v) is 5.12. The Morgan fingerprint density at radius 1 is 1.16 bits per heavy atom. The van der Waals surface area contributed by atoms with Gasteiger partial charge in [-0.2, -0.15) is 0 Å². The van der Waals surface area contributed by atoms with Crippen molar-refractivity contribution in [1.82, 2.24) is 5.32 Å². The minimum atomic E-state index is -0.258. The number of amidine groups is 1. The third kappa shape index (κ3) is 5.28. The normalized spacial score (nSPS) is 18.7. The van der Waals surface area contributed by atoms with E-state index in [9.17, 15) is 4.79 Å². The molecule has 1 amide bonds. The Morgan fingerprint density at radius 3 is 2.68 bits per heavy atom. The van der Waals surface area contributed by atoms with Crippen LogP contribution in [0.3, 0.4) is 0 Å². The fraction of sp³-hybridized carbons (Fsp3) is 0.217. The number of benzene rings is 2. The van der Waals surface area contributed by atoms with E-state index in [0.29, 0.717) is 11.6 Å². The van der Waals surface area contributed by atoms with Crippen molar-refractivity contribution in [2.24, 2.45) is 10.7 Å². The van der Waals surface area contributed by atoms with Crippen LogP contribution in [0.4, 0.5) is 17.1 Å². The van der Waals surface area contributed by atoms with Crippen molar-refractivity contribution in [2.75, 3.05) is 30.1 Å². The smallest absolute Gasteiger partial charge is 0.242 e. The third-order valence-electron chi connectivity index (χ3n) is 4.95. The van der Waals surface area contributed by atoms with Crippen molar-refractivity contribution < 1.29 is 4.79 Å². The van der Waals surface area contributed by atoms with Gasteiger partial charge in [0.15, 0.2) is 0 Å². The number of amides is 1. The molecule has 1 aliphatic heterocycles. The zero-order valence-corrected chi connectivity index (χ0v) is 19.0. The van der Waals surface area contributed by atoms with E-state index < -0.39 is 0 Å². The van der Waals surface area contributed by atoms with Gasteiger partial charge >= 0.3 is 0 Å². The van der Waals surface area contributed by atoms with Crippen molar-refractivity contribution in [3.8, 4) is 0 Å². The summed E-state index contributed by atoms with van der Waals surface area (Å²) in [6.45, 7) is 0. The van der Waals surface area contributed by atoms with Gasteiger partial charge in [-0.3, -0.25) is 10.1 Å². The largest absolute Gasteiger partial charge is 0.383 e. The quantitative estimate of drug-likeness (QED) is 0.387. The number of thiophene rings is 1. The summed E-state index contributed by atoms with van der Waals surface area (Å²) in [5.41, 5.74) is 9.89. The molecule has 1 aliphatic rings. The van der Waals surface area contributed by atoms with Gasteiger partial charge in [0.05, 0.1) is 22.0 Å². The number of anilines is 2. The molecular weight excluding hydrogens is 426 g/mol. The molecule has 0 radical (unpaired) electrons. The maximum Gasteiger partial charge on any atom is 0.242 e. The number of nitrogens with zero attached hydrogens (tertiary/aromatic N) is 2. The summed E-state index contributed by atoms with van der Waals surface area (Å²) < 4.78 is 0. The van der Waals surface area contributed by atoms with E-state index in [4.69, 9.17) is 5.73 Å². The van der Waals surface area contributed by atoms with Gasteiger partial charge in [-0.05, 0) is 53.4 Å². The van der Waals surface area contributed by atoms with Crippen LogP contribution in [0.25, 0.3) is 0 Å². The van der Waals surface area contributed by atoms with E-state index >= 15 is 0 Å². The average Bonchev–Trinajstić information content (AvgIpc) is 3.47. The van der Waals surface area contributed by atoms with Crippen LogP contribution in [-0.4, -0.2) is 37.6 Å². The molecule has 1 aromatic heterocycles. The lowest BCUT2D eigenvalue weighted by atomic mass is 10.2. The highest BCUT2D eigenvalue weighted by atomic mass is 32.2. The molecule has 4 N–H and O–H groups in total. The maximum absolute atomic E-state index is 12.7. The molecule has 1 unspecified atom stereocenters. The maximum atomic E-state index is 12.7. The lowest BCUT2D eigenvalue weighted by Crippen LogP contribution is -2.38. The van der Waals surface area contributed by atoms with Crippen molar-refractivity contribution in [3.05, 3.63) is 76.5 Å². The molecule has 0 spiro atoms. The van der Waals surface area contributed by atoms with Gasteiger partial charge in [-0.1, -0.05) is 18.2 Å². The summed E-state index contributed by atoms with van der Waals surface area (Å²) in [6, 6.07) is 19.5. The van der Waals surface area contributed by atoms with Crippen LogP contribution in [0.5, 0.6) is 0 Å². The second kappa shape index (κ2) is 9.55. The highest BCUT2D eigenvalue weighted by Crippen LogP contribution is 2.34. The van der Waals surface area contributed by atoms with Gasteiger partial charge in [0.25, 0.3) is 0 Å². The first-order valence-corrected chi connectivity index (χ1v) is 11.9. The predicted octanol–water partition coefficient (Wildman–Crippen LogP) is 4.19. The minimum absolute atomic E-state index is 0.0243. The van der Waals surface area contributed by atoms with Gasteiger partial charge in [-0.25, -0.2) is 4.99 Å². The molecule has 2 heterocycles. The Kier molecular flexibility index (Phi) is 6.60. The summed E-state index contributed by atoms with van der Waals surface area (Å²) in [4.78, 5) is 20.2. The number of aliphatic imine (C=N–C) groups is 1.